The van der Waals surface area contributed by atoms with Crippen LogP contribution in [0.15, 0.2) is 72.8 Å². The molecule has 3 aromatic carbocycles. The van der Waals surface area contributed by atoms with E-state index >= 15 is 0 Å². The maximum atomic E-state index is 5.94. The van der Waals surface area contributed by atoms with Crippen LogP contribution in [0.5, 0.6) is 11.5 Å². The van der Waals surface area contributed by atoms with Crippen molar-refractivity contribution in [3.05, 3.63) is 95.1 Å². The van der Waals surface area contributed by atoms with Crippen LogP contribution in [0.3, 0.4) is 0 Å². The van der Waals surface area contributed by atoms with Crippen molar-refractivity contribution >= 4 is 24.3 Å². The van der Waals surface area contributed by atoms with Crippen molar-refractivity contribution in [2.24, 2.45) is 0 Å². The van der Waals surface area contributed by atoms with E-state index in [4.69, 9.17) is 9.47 Å². The molecule has 238 valence electrons. The Morgan fingerprint density at radius 1 is 0.341 bits per heavy atom. The van der Waals surface area contributed by atoms with Crippen LogP contribution in [-0.2, 0) is 0 Å². The molecule has 0 amide bonds. The van der Waals surface area contributed by atoms with E-state index in [-0.39, 0.29) is 0 Å². The number of benzene rings is 3. The lowest BCUT2D eigenvalue weighted by Crippen LogP contribution is -1.97. The largest absolute Gasteiger partial charge is 0.494 e. The molecule has 0 aliphatic carbocycles. The van der Waals surface area contributed by atoms with E-state index in [0.717, 1.165) is 37.6 Å². The quantitative estimate of drug-likeness (QED) is 0.0758. The lowest BCUT2D eigenvalue weighted by atomic mass is 10.1. The summed E-state index contributed by atoms with van der Waals surface area (Å²) in [7, 11) is 0. The van der Waals surface area contributed by atoms with Crippen molar-refractivity contribution in [1.29, 1.82) is 0 Å². The van der Waals surface area contributed by atoms with Crippen LogP contribution >= 0.6 is 0 Å². The van der Waals surface area contributed by atoms with Gasteiger partial charge in [0, 0.05) is 0 Å². The summed E-state index contributed by atoms with van der Waals surface area (Å²) in [6.45, 7) is 6.16. The van der Waals surface area contributed by atoms with Gasteiger partial charge >= 0.3 is 0 Å². The molecule has 2 nitrogen and oxygen atoms in total. The van der Waals surface area contributed by atoms with Gasteiger partial charge in [0.15, 0.2) is 0 Å². The second kappa shape index (κ2) is 23.2. The Hall–Kier alpha value is -3.26. The van der Waals surface area contributed by atoms with Gasteiger partial charge in [0.2, 0.25) is 0 Å². The fourth-order valence-electron chi connectivity index (χ4n) is 5.31. The maximum absolute atomic E-state index is 5.94. The average molecular weight is 595 g/mol. The molecule has 0 heterocycles. The first kappa shape index (κ1) is 35.2. The normalized spacial score (nSPS) is 11.5. The molecule has 3 rings (SSSR count). The van der Waals surface area contributed by atoms with E-state index in [1.165, 1.54) is 112 Å². The Bertz CT molecular complexity index is 1060. The molecule has 44 heavy (non-hydrogen) atoms. The molecule has 3 aromatic rings. The Morgan fingerprint density at radius 2 is 0.591 bits per heavy atom. The van der Waals surface area contributed by atoms with E-state index < -0.39 is 0 Å². The Labute approximate surface area is 269 Å². The predicted octanol–water partition coefficient (Wildman–Crippen LogP) is 13.1. The Kier molecular flexibility index (Phi) is 18.5. The van der Waals surface area contributed by atoms with Crippen LogP contribution in [0.25, 0.3) is 24.3 Å². The zero-order chi connectivity index (χ0) is 30.9. The highest BCUT2D eigenvalue weighted by Gasteiger charge is 1.98. The third kappa shape index (κ3) is 16.0. The second-order valence-corrected chi connectivity index (χ2v) is 12.1. The summed E-state index contributed by atoms with van der Waals surface area (Å²) in [6, 6.07) is 25.5. The van der Waals surface area contributed by atoms with Gasteiger partial charge in [-0.15, -0.1) is 0 Å². The highest BCUT2D eigenvalue weighted by molar-refractivity contribution is 5.73. The smallest absolute Gasteiger partial charge is 0.119 e. The van der Waals surface area contributed by atoms with Crippen molar-refractivity contribution in [2.75, 3.05) is 13.2 Å². The van der Waals surface area contributed by atoms with Gasteiger partial charge in [0.05, 0.1) is 13.2 Å². The number of ether oxygens (including phenoxy) is 2. The third-order valence-electron chi connectivity index (χ3n) is 8.17. The minimum absolute atomic E-state index is 0.810. The molecule has 0 unspecified atom stereocenters. The Balaban J connectivity index is 1.30. The summed E-state index contributed by atoms with van der Waals surface area (Å²) in [5.41, 5.74) is 4.74. The second-order valence-electron chi connectivity index (χ2n) is 12.1. The van der Waals surface area contributed by atoms with Gasteiger partial charge in [-0.05, 0) is 59.4 Å². The van der Waals surface area contributed by atoms with E-state index in [9.17, 15) is 0 Å². The van der Waals surface area contributed by atoms with Gasteiger partial charge < -0.3 is 9.47 Å². The first-order chi connectivity index (χ1) is 21.8. The molecule has 0 radical (unpaired) electrons. The molecule has 0 aromatic heterocycles. The molecule has 0 N–H and O–H groups in total. The summed E-state index contributed by atoms with van der Waals surface area (Å²) in [5.74, 6) is 1.92. The molecule has 0 spiro atoms. The molecule has 0 fully saturated rings. The van der Waals surface area contributed by atoms with Gasteiger partial charge in [-0.1, -0.05) is 177 Å². The average Bonchev–Trinajstić information content (AvgIpc) is 3.06. The molecular weight excluding hydrogens is 536 g/mol. The van der Waals surface area contributed by atoms with Crippen LogP contribution in [0.4, 0.5) is 0 Å². The lowest BCUT2D eigenvalue weighted by molar-refractivity contribution is 0.304. The van der Waals surface area contributed by atoms with Crippen LogP contribution in [-0.4, -0.2) is 13.2 Å². The van der Waals surface area contributed by atoms with Crippen molar-refractivity contribution in [1.82, 2.24) is 0 Å². The highest BCUT2D eigenvalue weighted by Crippen LogP contribution is 2.18. The number of hydrogen-bond acceptors (Lipinski definition) is 2. The van der Waals surface area contributed by atoms with E-state index in [1.54, 1.807) is 0 Å². The minimum atomic E-state index is 0.810. The van der Waals surface area contributed by atoms with E-state index in [1.807, 2.05) is 0 Å². The van der Waals surface area contributed by atoms with Crippen molar-refractivity contribution in [3.8, 4) is 11.5 Å². The molecule has 0 saturated heterocycles. The molecule has 0 aliphatic rings. The number of unbranched alkanes of at least 4 members (excludes halogenated alkanes) is 14. The molecule has 2 heteroatoms. The van der Waals surface area contributed by atoms with Gasteiger partial charge in [-0.2, -0.15) is 0 Å². The highest BCUT2D eigenvalue weighted by atomic mass is 16.5. The van der Waals surface area contributed by atoms with Crippen LogP contribution in [0, 0.1) is 0 Å². The standard InChI is InChI=1S/C42H58O2/c1-3-5-7-9-11-13-15-17-35-43-41-31-27-39(28-32-41)25-23-37-19-21-38(22-20-37)24-26-40-29-33-42(34-30-40)44-36-18-16-14-12-10-8-6-4-2/h19-34H,3-18,35-36H2,1-2H3. The zero-order valence-electron chi connectivity index (χ0n) is 27.8. The van der Waals surface area contributed by atoms with Gasteiger partial charge in [-0.25, -0.2) is 0 Å². The minimum Gasteiger partial charge on any atom is -0.494 e. The molecular formula is C42H58O2. The lowest BCUT2D eigenvalue weighted by Gasteiger charge is -2.06. The first-order valence-electron chi connectivity index (χ1n) is 17.7. The molecule has 0 aliphatic heterocycles. The fourth-order valence-corrected chi connectivity index (χ4v) is 5.31. The monoisotopic (exact) mass is 594 g/mol. The molecule has 0 bridgehead atoms. The van der Waals surface area contributed by atoms with E-state index in [2.05, 4.69) is 111 Å². The summed E-state index contributed by atoms with van der Waals surface area (Å²) in [6.07, 6.45) is 29.8. The van der Waals surface area contributed by atoms with Crippen molar-refractivity contribution in [2.45, 2.75) is 117 Å². The summed E-state index contributed by atoms with van der Waals surface area (Å²) >= 11 is 0. The van der Waals surface area contributed by atoms with E-state index in [0.29, 0.717) is 0 Å². The van der Waals surface area contributed by atoms with Gasteiger partial charge in [0.25, 0.3) is 0 Å². The predicted molar refractivity (Wildman–Crippen MR) is 193 cm³/mol. The zero-order valence-corrected chi connectivity index (χ0v) is 27.8. The topological polar surface area (TPSA) is 18.5 Å². The van der Waals surface area contributed by atoms with Crippen LogP contribution in [0.2, 0.25) is 0 Å². The number of hydrogen-bond donors (Lipinski definition) is 0. The van der Waals surface area contributed by atoms with Crippen LogP contribution < -0.4 is 9.47 Å². The SMILES string of the molecule is CCCCCCCCCCOc1ccc(C=Cc2ccc(C=Cc3ccc(OCCCCCCCCCC)cc3)cc2)cc1. The van der Waals surface area contributed by atoms with Crippen molar-refractivity contribution < 1.29 is 9.47 Å². The molecule has 0 atom stereocenters. The summed E-state index contributed by atoms with van der Waals surface area (Å²) < 4.78 is 11.9. The third-order valence-corrected chi connectivity index (χ3v) is 8.17. The number of rotatable bonds is 24. The van der Waals surface area contributed by atoms with Crippen molar-refractivity contribution in [3.63, 3.8) is 0 Å². The Morgan fingerprint density at radius 3 is 0.886 bits per heavy atom. The summed E-state index contributed by atoms with van der Waals surface area (Å²) in [4.78, 5) is 0. The van der Waals surface area contributed by atoms with Crippen LogP contribution in [0.1, 0.15) is 139 Å². The van der Waals surface area contributed by atoms with Gasteiger partial charge in [-0.3, -0.25) is 0 Å². The maximum Gasteiger partial charge on any atom is 0.119 e. The van der Waals surface area contributed by atoms with Gasteiger partial charge in [0.1, 0.15) is 11.5 Å². The fraction of sp³-hybridized carbons (Fsp3) is 0.476. The summed E-state index contributed by atoms with van der Waals surface area (Å²) in [5, 5.41) is 0. The first-order valence-corrected chi connectivity index (χ1v) is 17.7. The molecule has 0 saturated carbocycles.